The maximum absolute atomic E-state index is 13.3. The molecular weight excluding hydrogens is 285 g/mol. The second-order valence-corrected chi connectivity index (χ2v) is 6.35. The lowest BCUT2D eigenvalue weighted by Gasteiger charge is -2.28. The molecule has 0 spiro atoms. The van der Waals surface area contributed by atoms with E-state index in [0.29, 0.717) is 11.5 Å². The van der Waals surface area contributed by atoms with Crippen LogP contribution in [0.25, 0.3) is 0 Å². The Morgan fingerprint density at radius 1 is 0.955 bits per heavy atom. The Kier molecular flexibility index (Phi) is 6.53. The van der Waals surface area contributed by atoms with Gasteiger partial charge in [0, 0.05) is 0 Å². The predicted molar refractivity (Wildman–Crippen MR) is 84.3 cm³/mol. The number of hydrogen-bond acceptors (Lipinski definition) is 0. The Morgan fingerprint density at radius 2 is 1.55 bits per heavy atom. The second kappa shape index (κ2) is 8.40. The summed E-state index contributed by atoms with van der Waals surface area (Å²) < 4.78 is 39.6. The van der Waals surface area contributed by atoms with Gasteiger partial charge in [0.2, 0.25) is 0 Å². The highest BCUT2D eigenvalue weighted by Crippen LogP contribution is 2.38. The molecule has 1 fully saturated rings. The van der Waals surface area contributed by atoms with Crippen molar-refractivity contribution in [1.29, 1.82) is 0 Å². The van der Waals surface area contributed by atoms with Gasteiger partial charge in [-0.25, -0.2) is 13.2 Å². The molecule has 0 heterocycles. The van der Waals surface area contributed by atoms with Crippen molar-refractivity contribution >= 4 is 0 Å². The van der Waals surface area contributed by atoms with Crippen molar-refractivity contribution in [2.24, 2.45) is 5.92 Å². The Morgan fingerprint density at radius 3 is 2.14 bits per heavy atom. The maximum atomic E-state index is 13.3. The van der Waals surface area contributed by atoms with Gasteiger partial charge in [0.1, 0.15) is 0 Å². The molecule has 1 saturated carbocycles. The molecule has 1 aliphatic carbocycles. The summed E-state index contributed by atoms with van der Waals surface area (Å²) >= 11 is 0. The Hall–Kier alpha value is -1.25. The van der Waals surface area contributed by atoms with Gasteiger partial charge in [-0.15, -0.1) is 0 Å². The molecule has 3 heteroatoms. The Balaban J connectivity index is 1.82. The molecule has 0 atom stereocenters. The van der Waals surface area contributed by atoms with Crippen molar-refractivity contribution in [2.45, 2.75) is 64.2 Å². The number of rotatable bonds is 6. The molecule has 22 heavy (non-hydrogen) atoms. The standard InChI is InChI=1S/C19H25F3/c1-2-3-4-5-6-7-14-8-10-15(11-9-14)16-12-17(20)19(22)18(21)13-16/h4-5,12-15H,2-3,6-11H2,1H3/b5-4+. The van der Waals surface area contributed by atoms with Gasteiger partial charge in [-0.1, -0.05) is 25.5 Å². The highest BCUT2D eigenvalue weighted by Gasteiger charge is 2.23. The summed E-state index contributed by atoms with van der Waals surface area (Å²) in [5, 5.41) is 0. The van der Waals surface area contributed by atoms with Gasteiger partial charge in [0.15, 0.2) is 17.5 Å². The third-order valence-corrected chi connectivity index (χ3v) is 4.69. The zero-order valence-corrected chi connectivity index (χ0v) is 13.3. The fourth-order valence-electron chi connectivity index (χ4n) is 3.33. The molecule has 0 unspecified atom stereocenters. The van der Waals surface area contributed by atoms with E-state index in [1.807, 2.05) is 0 Å². The van der Waals surface area contributed by atoms with Crippen LogP contribution in [-0.4, -0.2) is 0 Å². The molecule has 0 bridgehead atoms. The lowest BCUT2D eigenvalue weighted by molar-refractivity contribution is 0.310. The van der Waals surface area contributed by atoms with Crippen LogP contribution in [0.1, 0.15) is 69.8 Å². The zero-order chi connectivity index (χ0) is 15.9. The van der Waals surface area contributed by atoms with Crippen LogP contribution < -0.4 is 0 Å². The Bertz CT molecular complexity index is 476. The molecule has 122 valence electrons. The summed E-state index contributed by atoms with van der Waals surface area (Å²) in [6.07, 6.45) is 13.2. The molecule has 0 aliphatic heterocycles. The first-order chi connectivity index (χ1) is 10.6. The SMILES string of the molecule is CCC/C=C/CCC1CCC(c2cc(F)c(F)c(F)c2)CC1. The monoisotopic (exact) mass is 310 g/mol. The summed E-state index contributed by atoms with van der Waals surface area (Å²) in [7, 11) is 0. The summed E-state index contributed by atoms with van der Waals surface area (Å²) in [5.74, 6) is -2.64. The molecule has 1 aliphatic rings. The van der Waals surface area contributed by atoms with E-state index in [1.54, 1.807) is 0 Å². The summed E-state index contributed by atoms with van der Waals surface area (Å²) in [4.78, 5) is 0. The van der Waals surface area contributed by atoms with E-state index in [2.05, 4.69) is 19.1 Å². The number of hydrogen-bond donors (Lipinski definition) is 0. The van der Waals surface area contributed by atoms with Crippen molar-refractivity contribution in [3.8, 4) is 0 Å². The van der Waals surface area contributed by atoms with Gasteiger partial charge < -0.3 is 0 Å². The molecular formula is C19H25F3. The van der Waals surface area contributed by atoms with Crippen molar-refractivity contribution in [2.75, 3.05) is 0 Å². The van der Waals surface area contributed by atoms with Crippen molar-refractivity contribution in [3.63, 3.8) is 0 Å². The molecule has 0 N–H and O–H groups in total. The highest BCUT2D eigenvalue weighted by atomic mass is 19.2. The molecule has 1 aromatic rings. The first kappa shape index (κ1) is 17.1. The highest BCUT2D eigenvalue weighted by molar-refractivity contribution is 5.23. The second-order valence-electron chi connectivity index (χ2n) is 6.35. The largest absolute Gasteiger partial charge is 0.204 e. The smallest absolute Gasteiger partial charge is 0.194 e. The van der Waals surface area contributed by atoms with Crippen LogP contribution in [0.2, 0.25) is 0 Å². The van der Waals surface area contributed by atoms with E-state index < -0.39 is 17.5 Å². The van der Waals surface area contributed by atoms with Gasteiger partial charge in [-0.05, 0) is 74.5 Å². The van der Waals surface area contributed by atoms with E-state index in [0.717, 1.165) is 50.7 Å². The fourth-order valence-corrected chi connectivity index (χ4v) is 3.33. The van der Waals surface area contributed by atoms with E-state index in [9.17, 15) is 13.2 Å². The number of allylic oxidation sites excluding steroid dienone is 2. The van der Waals surface area contributed by atoms with Gasteiger partial charge in [-0.2, -0.15) is 0 Å². The maximum Gasteiger partial charge on any atom is 0.194 e. The van der Waals surface area contributed by atoms with Crippen LogP contribution in [0.3, 0.4) is 0 Å². The molecule has 0 aromatic heterocycles. The number of halogens is 3. The lowest BCUT2D eigenvalue weighted by Crippen LogP contribution is -2.14. The van der Waals surface area contributed by atoms with Crippen LogP contribution in [0.4, 0.5) is 13.2 Å². The number of benzene rings is 1. The normalized spacial score (nSPS) is 22.4. The van der Waals surface area contributed by atoms with Crippen molar-refractivity contribution in [1.82, 2.24) is 0 Å². The minimum absolute atomic E-state index is 0.163. The van der Waals surface area contributed by atoms with Crippen LogP contribution >= 0.6 is 0 Å². The summed E-state index contributed by atoms with van der Waals surface area (Å²) in [5.41, 5.74) is 0.609. The molecule has 0 saturated heterocycles. The first-order valence-corrected chi connectivity index (χ1v) is 8.41. The first-order valence-electron chi connectivity index (χ1n) is 8.41. The predicted octanol–water partition coefficient (Wildman–Crippen LogP) is 6.51. The topological polar surface area (TPSA) is 0 Å². The zero-order valence-electron chi connectivity index (χ0n) is 13.3. The van der Waals surface area contributed by atoms with E-state index in [4.69, 9.17) is 0 Å². The van der Waals surface area contributed by atoms with Gasteiger partial charge in [0.05, 0.1) is 0 Å². The molecule has 0 amide bonds. The van der Waals surface area contributed by atoms with Crippen LogP contribution in [0.5, 0.6) is 0 Å². The van der Waals surface area contributed by atoms with Crippen LogP contribution in [0.15, 0.2) is 24.3 Å². The van der Waals surface area contributed by atoms with Crippen molar-refractivity contribution < 1.29 is 13.2 Å². The van der Waals surface area contributed by atoms with Crippen LogP contribution in [-0.2, 0) is 0 Å². The third kappa shape index (κ3) is 4.62. The average Bonchev–Trinajstić information content (AvgIpc) is 2.52. The minimum Gasteiger partial charge on any atom is -0.204 e. The molecule has 2 rings (SSSR count). The average molecular weight is 310 g/mol. The van der Waals surface area contributed by atoms with Gasteiger partial charge in [-0.3, -0.25) is 0 Å². The summed E-state index contributed by atoms with van der Waals surface area (Å²) in [6.45, 7) is 2.17. The fraction of sp³-hybridized carbons (Fsp3) is 0.579. The molecule has 0 radical (unpaired) electrons. The third-order valence-electron chi connectivity index (χ3n) is 4.69. The van der Waals surface area contributed by atoms with Gasteiger partial charge >= 0.3 is 0 Å². The molecule has 1 aromatic carbocycles. The van der Waals surface area contributed by atoms with E-state index >= 15 is 0 Å². The number of unbranched alkanes of at least 4 members (excludes halogenated alkanes) is 1. The van der Waals surface area contributed by atoms with E-state index in [-0.39, 0.29) is 5.92 Å². The Labute approximate surface area is 131 Å². The minimum atomic E-state index is -1.36. The summed E-state index contributed by atoms with van der Waals surface area (Å²) in [6, 6.07) is 2.33. The van der Waals surface area contributed by atoms with E-state index in [1.165, 1.54) is 12.8 Å². The van der Waals surface area contributed by atoms with Crippen molar-refractivity contribution in [3.05, 3.63) is 47.3 Å². The van der Waals surface area contributed by atoms with Gasteiger partial charge in [0.25, 0.3) is 0 Å². The molecule has 0 nitrogen and oxygen atoms in total. The van der Waals surface area contributed by atoms with Crippen LogP contribution in [0, 0.1) is 23.4 Å². The quantitative estimate of drug-likeness (QED) is 0.415. The lowest BCUT2D eigenvalue weighted by atomic mass is 9.77.